The zero-order valence-electron chi connectivity index (χ0n) is 22.5. The SMILES string of the molecule is CC1(C)OB(C(=Cc2ccc(Cl)cc2C=O)CNC(=O)OCC2c3ccccc3-c3ccccc32)OC1(C)C. The molecular weight excluding hydrogens is 513 g/mol. The van der Waals surface area contributed by atoms with Gasteiger partial charge in [0.2, 0.25) is 0 Å². The van der Waals surface area contributed by atoms with Crippen LogP contribution in [0.5, 0.6) is 0 Å². The zero-order valence-corrected chi connectivity index (χ0v) is 23.2. The molecule has 1 aliphatic heterocycles. The third-order valence-electron chi connectivity index (χ3n) is 7.85. The van der Waals surface area contributed by atoms with Gasteiger partial charge in [0, 0.05) is 23.0 Å². The normalized spacial score (nSPS) is 17.5. The van der Waals surface area contributed by atoms with Gasteiger partial charge in [-0.05, 0) is 73.1 Å². The van der Waals surface area contributed by atoms with Gasteiger partial charge in [-0.3, -0.25) is 4.79 Å². The number of rotatable bonds is 7. The lowest BCUT2D eigenvalue weighted by atomic mass is 9.76. The molecule has 3 aromatic rings. The summed E-state index contributed by atoms with van der Waals surface area (Å²) in [6.07, 6.45) is 2.00. The molecular formula is C31H31BClNO5. The Kier molecular flexibility index (Phi) is 7.42. The Balaban J connectivity index is 1.33. The minimum absolute atomic E-state index is 0.0366. The number of hydrogen-bond donors (Lipinski definition) is 1. The lowest BCUT2D eigenvalue weighted by Gasteiger charge is -2.32. The van der Waals surface area contributed by atoms with Crippen LogP contribution in [0, 0.1) is 0 Å². The number of hydrogen-bond acceptors (Lipinski definition) is 5. The Morgan fingerprint density at radius 1 is 0.949 bits per heavy atom. The molecule has 1 saturated heterocycles. The molecule has 0 atom stereocenters. The predicted octanol–water partition coefficient (Wildman–Crippen LogP) is 6.71. The molecule has 0 spiro atoms. The summed E-state index contributed by atoms with van der Waals surface area (Å²) in [7, 11) is -0.723. The minimum atomic E-state index is -0.723. The van der Waals surface area contributed by atoms with Crippen LogP contribution in [0.4, 0.5) is 4.79 Å². The Labute approximate surface area is 234 Å². The van der Waals surface area contributed by atoms with Gasteiger partial charge in [0.1, 0.15) is 6.61 Å². The lowest BCUT2D eigenvalue weighted by molar-refractivity contribution is 0.00578. The molecule has 1 heterocycles. The van der Waals surface area contributed by atoms with Crippen LogP contribution in [0.2, 0.25) is 5.02 Å². The summed E-state index contributed by atoms with van der Waals surface area (Å²) in [4.78, 5) is 24.6. The van der Waals surface area contributed by atoms with E-state index in [2.05, 4.69) is 29.6 Å². The average molecular weight is 544 g/mol. The van der Waals surface area contributed by atoms with Crippen LogP contribution >= 0.6 is 11.6 Å². The molecule has 200 valence electrons. The molecule has 3 aromatic carbocycles. The van der Waals surface area contributed by atoms with Crippen LogP contribution < -0.4 is 5.32 Å². The van der Waals surface area contributed by atoms with E-state index < -0.39 is 24.4 Å². The third kappa shape index (κ3) is 5.39. The average Bonchev–Trinajstić information content (AvgIpc) is 3.34. The number of aldehydes is 1. The second-order valence-corrected chi connectivity index (χ2v) is 11.3. The van der Waals surface area contributed by atoms with Crippen molar-refractivity contribution in [3.8, 4) is 11.1 Å². The summed E-state index contributed by atoms with van der Waals surface area (Å²) in [6.45, 7) is 8.16. The quantitative estimate of drug-likeness (QED) is 0.265. The van der Waals surface area contributed by atoms with E-state index in [9.17, 15) is 9.59 Å². The van der Waals surface area contributed by atoms with Crippen LogP contribution in [0.25, 0.3) is 17.2 Å². The highest BCUT2D eigenvalue weighted by atomic mass is 35.5. The molecule has 2 aliphatic rings. The van der Waals surface area contributed by atoms with E-state index in [1.165, 1.54) is 11.1 Å². The molecule has 8 heteroatoms. The molecule has 0 aromatic heterocycles. The number of carbonyl (C=O) groups excluding carboxylic acids is 2. The monoisotopic (exact) mass is 543 g/mol. The van der Waals surface area contributed by atoms with Gasteiger partial charge in [0.05, 0.1) is 11.2 Å². The molecule has 1 amide bonds. The second kappa shape index (κ2) is 10.6. The standard InChI is InChI=1S/C31H31BClNO5/c1-30(2)31(3,4)39-32(38-30)22(15-20-13-14-23(33)16-21(20)18-35)17-34-29(36)37-19-28-26-11-7-5-9-24(26)25-10-6-8-12-27(25)28/h5-16,18,28H,17,19H2,1-4H3,(H,34,36). The van der Waals surface area contributed by atoms with E-state index in [4.69, 9.17) is 25.6 Å². The fraction of sp³-hybridized carbons (Fsp3) is 0.290. The summed E-state index contributed by atoms with van der Waals surface area (Å²) < 4.78 is 18.2. The number of ether oxygens (including phenoxy) is 1. The lowest BCUT2D eigenvalue weighted by Crippen LogP contribution is -2.41. The molecule has 0 radical (unpaired) electrons. The first-order valence-electron chi connectivity index (χ1n) is 13.0. The molecule has 1 fully saturated rings. The summed E-state index contributed by atoms with van der Waals surface area (Å²) in [5.74, 6) is -0.0366. The van der Waals surface area contributed by atoms with Crippen molar-refractivity contribution < 1.29 is 23.6 Å². The smallest absolute Gasteiger partial charge is 0.449 e. The molecule has 0 bridgehead atoms. The molecule has 39 heavy (non-hydrogen) atoms. The number of fused-ring (bicyclic) bond motifs is 3. The fourth-order valence-electron chi connectivity index (χ4n) is 5.00. The van der Waals surface area contributed by atoms with Crippen molar-refractivity contribution in [1.82, 2.24) is 5.32 Å². The maximum atomic E-state index is 12.9. The number of carbonyl (C=O) groups is 2. The van der Waals surface area contributed by atoms with E-state index >= 15 is 0 Å². The summed E-state index contributed by atoms with van der Waals surface area (Å²) in [6, 6.07) is 21.5. The van der Waals surface area contributed by atoms with Gasteiger partial charge in [0.15, 0.2) is 6.29 Å². The van der Waals surface area contributed by atoms with Gasteiger partial charge < -0.3 is 19.4 Å². The van der Waals surface area contributed by atoms with Crippen molar-refractivity contribution in [2.45, 2.75) is 44.8 Å². The largest absolute Gasteiger partial charge is 0.492 e. The molecule has 0 unspecified atom stereocenters. The minimum Gasteiger partial charge on any atom is -0.449 e. The summed E-state index contributed by atoms with van der Waals surface area (Å²) >= 11 is 6.09. The van der Waals surface area contributed by atoms with Crippen LogP contribution in [0.1, 0.15) is 60.7 Å². The predicted molar refractivity (Wildman–Crippen MR) is 154 cm³/mol. The zero-order chi connectivity index (χ0) is 27.8. The maximum absolute atomic E-state index is 12.9. The highest BCUT2D eigenvalue weighted by molar-refractivity contribution is 6.56. The topological polar surface area (TPSA) is 73.9 Å². The van der Waals surface area contributed by atoms with E-state index in [0.29, 0.717) is 21.6 Å². The van der Waals surface area contributed by atoms with E-state index in [1.54, 1.807) is 24.3 Å². The van der Waals surface area contributed by atoms with Crippen LogP contribution in [0.15, 0.2) is 72.2 Å². The number of nitrogens with one attached hydrogen (secondary N) is 1. The first-order valence-corrected chi connectivity index (χ1v) is 13.4. The van der Waals surface area contributed by atoms with Gasteiger partial charge in [-0.1, -0.05) is 72.3 Å². The van der Waals surface area contributed by atoms with Gasteiger partial charge in [-0.15, -0.1) is 0 Å². The molecule has 5 rings (SSSR count). The third-order valence-corrected chi connectivity index (χ3v) is 8.09. The molecule has 1 aliphatic carbocycles. The Bertz CT molecular complexity index is 1390. The van der Waals surface area contributed by atoms with Gasteiger partial charge in [-0.2, -0.15) is 0 Å². The maximum Gasteiger partial charge on any atom is 0.492 e. The number of alkyl carbamates (subject to hydrolysis) is 1. The van der Waals surface area contributed by atoms with Crippen LogP contribution in [-0.2, 0) is 14.0 Å². The van der Waals surface area contributed by atoms with Crippen molar-refractivity contribution in [3.05, 3.63) is 99.5 Å². The van der Waals surface area contributed by atoms with Crippen molar-refractivity contribution >= 4 is 37.2 Å². The van der Waals surface area contributed by atoms with E-state index in [0.717, 1.165) is 17.4 Å². The fourth-order valence-corrected chi connectivity index (χ4v) is 5.18. The summed E-state index contributed by atoms with van der Waals surface area (Å²) in [5, 5.41) is 3.31. The highest BCUT2D eigenvalue weighted by Crippen LogP contribution is 2.44. The van der Waals surface area contributed by atoms with E-state index in [-0.39, 0.29) is 19.1 Å². The Morgan fingerprint density at radius 3 is 2.13 bits per heavy atom. The van der Waals surface area contributed by atoms with Gasteiger partial charge in [-0.25, -0.2) is 4.79 Å². The Hall–Kier alpha value is -3.39. The van der Waals surface area contributed by atoms with Gasteiger partial charge in [0.25, 0.3) is 0 Å². The second-order valence-electron chi connectivity index (χ2n) is 10.9. The van der Waals surface area contributed by atoms with Crippen molar-refractivity contribution in [2.75, 3.05) is 13.2 Å². The van der Waals surface area contributed by atoms with Crippen LogP contribution in [-0.4, -0.2) is 43.9 Å². The Morgan fingerprint density at radius 2 is 1.54 bits per heavy atom. The van der Waals surface area contributed by atoms with Crippen molar-refractivity contribution in [2.24, 2.45) is 0 Å². The number of amides is 1. The molecule has 6 nitrogen and oxygen atoms in total. The number of benzene rings is 3. The van der Waals surface area contributed by atoms with Crippen molar-refractivity contribution in [1.29, 1.82) is 0 Å². The van der Waals surface area contributed by atoms with Gasteiger partial charge >= 0.3 is 13.2 Å². The highest BCUT2D eigenvalue weighted by Gasteiger charge is 2.52. The van der Waals surface area contributed by atoms with Crippen molar-refractivity contribution in [3.63, 3.8) is 0 Å². The molecule has 1 N–H and O–H groups in total. The van der Waals surface area contributed by atoms with E-state index in [1.807, 2.05) is 52.0 Å². The summed E-state index contributed by atoms with van der Waals surface area (Å²) in [5.41, 5.74) is 5.20. The first-order chi connectivity index (χ1) is 18.6. The first kappa shape index (κ1) is 27.2. The molecule has 0 saturated carbocycles. The van der Waals surface area contributed by atoms with Crippen LogP contribution in [0.3, 0.4) is 0 Å². The number of halogens is 1.